The first-order chi connectivity index (χ1) is 14.6. The Kier molecular flexibility index (Phi) is 6.56. The van der Waals surface area contributed by atoms with Crippen LogP contribution < -0.4 is 0 Å². The maximum absolute atomic E-state index is 10.5. The van der Waals surface area contributed by atoms with Crippen LogP contribution in [0.2, 0.25) is 0 Å². The first-order valence-corrected chi connectivity index (χ1v) is 13.3. The van der Waals surface area contributed by atoms with E-state index in [1.807, 2.05) is 0 Å². The minimum Gasteiger partial charge on any atom is -0.390 e. The number of fused-ring (bicyclic) bond motifs is 5. The molecule has 0 heterocycles. The standard InChI is InChI=1S/C29H48O2/c1-7-20(18(2)3)9-8-19(4)23-12-13-24-22-11-10-21-16-26(30)27(31)17-29(21,6)25(22)14-15-28(23,24)5/h11,19-21,23-27,30-31H,2,7-10,12-17H2,1,3-6H3/t19-,20-,21?,23-,24+,25+,26-,27-,28-,29+/m1/s1. The number of aliphatic hydroxyl groups excluding tert-OH is 2. The van der Waals surface area contributed by atoms with E-state index in [2.05, 4.69) is 47.3 Å². The molecule has 4 rings (SSSR count). The third kappa shape index (κ3) is 3.88. The molecule has 4 aliphatic carbocycles. The van der Waals surface area contributed by atoms with Gasteiger partial charge >= 0.3 is 0 Å². The number of rotatable bonds is 6. The number of aliphatic hydroxyl groups is 2. The predicted molar refractivity (Wildman–Crippen MR) is 130 cm³/mol. The maximum Gasteiger partial charge on any atom is 0.0804 e. The highest BCUT2D eigenvalue weighted by Gasteiger charge is 2.59. The predicted octanol–water partition coefficient (Wildman–Crippen LogP) is 6.92. The largest absolute Gasteiger partial charge is 0.390 e. The summed E-state index contributed by atoms with van der Waals surface area (Å²) in [5, 5.41) is 20.8. The summed E-state index contributed by atoms with van der Waals surface area (Å²) in [5.41, 5.74) is 3.73. The van der Waals surface area contributed by atoms with Gasteiger partial charge in [0.05, 0.1) is 12.2 Å². The minimum atomic E-state index is -0.537. The zero-order chi connectivity index (χ0) is 22.6. The third-order valence-electron chi connectivity index (χ3n) is 11.0. The molecule has 0 saturated heterocycles. The highest BCUT2D eigenvalue weighted by atomic mass is 16.3. The van der Waals surface area contributed by atoms with Crippen molar-refractivity contribution in [3.8, 4) is 0 Å². The van der Waals surface area contributed by atoms with Crippen molar-refractivity contribution in [2.45, 2.75) is 111 Å². The van der Waals surface area contributed by atoms with Crippen LogP contribution in [0.15, 0.2) is 23.8 Å². The molecule has 0 bridgehead atoms. The lowest BCUT2D eigenvalue weighted by Crippen LogP contribution is -2.53. The van der Waals surface area contributed by atoms with Gasteiger partial charge in [-0.05, 0) is 117 Å². The van der Waals surface area contributed by atoms with Gasteiger partial charge < -0.3 is 10.2 Å². The molecular weight excluding hydrogens is 380 g/mol. The van der Waals surface area contributed by atoms with Gasteiger partial charge in [-0.3, -0.25) is 0 Å². The quantitative estimate of drug-likeness (QED) is 0.451. The molecule has 0 spiro atoms. The number of hydrogen-bond acceptors (Lipinski definition) is 2. The Morgan fingerprint density at radius 1 is 1.10 bits per heavy atom. The Labute approximate surface area is 191 Å². The fourth-order valence-corrected chi connectivity index (χ4v) is 8.97. The van der Waals surface area contributed by atoms with E-state index >= 15 is 0 Å². The SMILES string of the molecule is C=C(C)[C@H](CC)CC[C@@H](C)[C@H]1CC[C@H]2C3=CCC4C[C@@H](O)[C@H](O)C[C@]4(C)[C@H]3CC[C@]12C. The molecule has 0 aromatic heterocycles. The van der Waals surface area contributed by atoms with E-state index in [1.165, 1.54) is 50.5 Å². The highest BCUT2D eigenvalue weighted by Crippen LogP contribution is 2.67. The van der Waals surface area contributed by atoms with Crippen LogP contribution in [0.4, 0.5) is 0 Å². The van der Waals surface area contributed by atoms with Crippen LogP contribution >= 0.6 is 0 Å². The molecule has 3 fully saturated rings. The summed E-state index contributed by atoms with van der Waals surface area (Å²) in [4.78, 5) is 0. The Hall–Kier alpha value is -0.600. The summed E-state index contributed by atoms with van der Waals surface area (Å²) in [5.74, 6) is 4.21. The average Bonchev–Trinajstić information content (AvgIpc) is 3.06. The summed E-state index contributed by atoms with van der Waals surface area (Å²) in [6, 6.07) is 0. The summed E-state index contributed by atoms with van der Waals surface area (Å²) in [7, 11) is 0. The summed E-state index contributed by atoms with van der Waals surface area (Å²) in [6.45, 7) is 16.3. The molecule has 1 unspecified atom stereocenters. The van der Waals surface area contributed by atoms with Crippen molar-refractivity contribution in [3.05, 3.63) is 23.8 Å². The van der Waals surface area contributed by atoms with Crippen molar-refractivity contribution in [1.82, 2.24) is 0 Å². The molecule has 0 amide bonds. The van der Waals surface area contributed by atoms with E-state index in [0.29, 0.717) is 23.2 Å². The summed E-state index contributed by atoms with van der Waals surface area (Å²) < 4.78 is 0. The van der Waals surface area contributed by atoms with Crippen LogP contribution in [0.3, 0.4) is 0 Å². The van der Waals surface area contributed by atoms with Crippen molar-refractivity contribution >= 4 is 0 Å². The van der Waals surface area contributed by atoms with E-state index in [-0.39, 0.29) is 5.41 Å². The van der Waals surface area contributed by atoms with Crippen molar-refractivity contribution in [1.29, 1.82) is 0 Å². The van der Waals surface area contributed by atoms with Crippen LogP contribution in [0.25, 0.3) is 0 Å². The smallest absolute Gasteiger partial charge is 0.0804 e. The molecule has 176 valence electrons. The third-order valence-corrected chi connectivity index (χ3v) is 11.0. The van der Waals surface area contributed by atoms with E-state index in [0.717, 1.165) is 37.0 Å². The lowest BCUT2D eigenvalue weighted by molar-refractivity contribution is -0.107. The fraction of sp³-hybridized carbons (Fsp3) is 0.862. The molecule has 2 nitrogen and oxygen atoms in total. The first kappa shape index (κ1) is 23.6. The lowest BCUT2D eigenvalue weighted by Gasteiger charge is -2.58. The molecule has 3 saturated carbocycles. The summed E-state index contributed by atoms with van der Waals surface area (Å²) >= 11 is 0. The van der Waals surface area contributed by atoms with E-state index in [4.69, 9.17) is 0 Å². The second kappa shape index (κ2) is 8.64. The van der Waals surface area contributed by atoms with Crippen molar-refractivity contribution in [2.24, 2.45) is 46.3 Å². The van der Waals surface area contributed by atoms with Crippen molar-refractivity contribution in [2.75, 3.05) is 0 Å². The molecule has 10 atom stereocenters. The van der Waals surface area contributed by atoms with E-state index in [1.54, 1.807) is 5.57 Å². The topological polar surface area (TPSA) is 40.5 Å². The molecule has 0 aromatic carbocycles. The normalized spacial score (nSPS) is 46.4. The first-order valence-electron chi connectivity index (χ1n) is 13.3. The lowest BCUT2D eigenvalue weighted by atomic mass is 9.47. The van der Waals surface area contributed by atoms with Crippen molar-refractivity contribution < 1.29 is 10.2 Å². The van der Waals surface area contributed by atoms with E-state index in [9.17, 15) is 10.2 Å². The van der Waals surface area contributed by atoms with Gasteiger partial charge in [-0.2, -0.15) is 0 Å². The van der Waals surface area contributed by atoms with Crippen molar-refractivity contribution in [3.63, 3.8) is 0 Å². The van der Waals surface area contributed by atoms with Crippen LogP contribution in [0.1, 0.15) is 98.8 Å². The van der Waals surface area contributed by atoms with Crippen LogP contribution in [-0.4, -0.2) is 22.4 Å². The number of allylic oxidation sites excluding steroid dienone is 3. The summed E-state index contributed by atoms with van der Waals surface area (Å²) in [6.07, 6.45) is 13.4. The Morgan fingerprint density at radius 2 is 1.81 bits per heavy atom. The molecule has 31 heavy (non-hydrogen) atoms. The Morgan fingerprint density at radius 3 is 2.48 bits per heavy atom. The maximum atomic E-state index is 10.5. The molecule has 0 aromatic rings. The second-order valence-electron chi connectivity index (χ2n) is 12.6. The molecule has 0 radical (unpaired) electrons. The second-order valence-corrected chi connectivity index (χ2v) is 12.6. The monoisotopic (exact) mass is 428 g/mol. The molecule has 4 aliphatic rings. The molecule has 2 N–H and O–H groups in total. The molecule has 2 heteroatoms. The molecular formula is C29H48O2. The molecule has 0 aliphatic heterocycles. The fourth-order valence-electron chi connectivity index (χ4n) is 8.97. The van der Waals surface area contributed by atoms with Gasteiger partial charge in [0.25, 0.3) is 0 Å². The van der Waals surface area contributed by atoms with Crippen LogP contribution in [-0.2, 0) is 0 Å². The van der Waals surface area contributed by atoms with Gasteiger partial charge in [0.2, 0.25) is 0 Å². The van der Waals surface area contributed by atoms with Gasteiger partial charge in [-0.25, -0.2) is 0 Å². The average molecular weight is 429 g/mol. The Balaban J connectivity index is 1.50. The Bertz CT molecular complexity index is 710. The van der Waals surface area contributed by atoms with E-state index < -0.39 is 12.2 Å². The highest BCUT2D eigenvalue weighted by molar-refractivity contribution is 5.28. The van der Waals surface area contributed by atoms with Crippen LogP contribution in [0, 0.1) is 46.3 Å². The zero-order valence-electron chi connectivity index (χ0n) is 20.9. The zero-order valence-corrected chi connectivity index (χ0v) is 20.9. The van der Waals surface area contributed by atoms with Gasteiger partial charge in [-0.1, -0.05) is 51.5 Å². The van der Waals surface area contributed by atoms with Gasteiger partial charge in [-0.15, -0.1) is 0 Å². The van der Waals surface area contributed by atoms with Gasteiger partial charge in [0.15, 0.2) is 0 Å². The number of hydrogen-bond donors (Lipinski definition) is 2. The van der Waals surface area contributed by atoms with Gasteiger partial charge in [0, 0.05) is 0 Å². The van der Waals surface area contributed by atoms with Gasteiger partial charge in [0.1, 0.15) is 0 Å². The van der Waals surface area contributed by atoms with Crippen LogP contribution in [0.5, 0.6) is 0 Å². The minimum absolute atomic E-state index is 0.170.